The fourth-order valence-corrected chi connectivity index (χ4v) is 3.98. The maximum Gasteiger partial charge on any atom is 0.331 e. The molecule has 0 unspecified atom stereocenters. The second-order valence-electron chi connectivity index (χ2n) is 5.62. The van der Waals surface area contributed by atoms with Gasteiger partial charge in [0.25, 0.3) is 10.0 Å². The Balaban J connectivity index is 1.97. The van der Waals surface area contributed by atoms with Crippen LogP contribution in [0.25, 0.3) is 0 Å². The van der Waals surface area contributed by atoms with Crippen LogP contribution in [0.15, 0.2) is 23.1 Å². The van der Waals surface area contributed by atoms with Gasteiger partial charge in [-0.05, 0) is 43.9 Å². The lowest BCUT2D eigenvalue weighted by atomic mass is 9.98. The number of hydrogen-bond donors (Lipinski definition) is 1. The van der Waals surface area contributed by atoms with Crippen molar-refractivity contribution >= 4 is 33.4 Å². The minimum absolute atomic E-state index is 0.0939. The van der Waals surface area contributed by atoms with Crippen LogP contribution >= 0.6 is 11.6 Å². The number of halogens is 2. The smallest absolute Gasteiger partial charge is 0.319 e. The summed E-state index contributed by atoms with van der Waals surface area (Å²) >= 11 is 5.66. The second-order valence-corrected chi connectivity index (χ2v) is 7.71. The van der Waals surface area contributed by atoms with Gasteiger partial charge in [-0.25, -0.2) is 17.6 Å². The van der Waals surface area contributed by atoms with Gasteiger partial charge in [0.05, 0.1) is 15.6 Å². The highest BCUT2D eigenvalue weighted by Gasteiger charge is 2.26. The van der Waals surface area contributed by atoms with Gasteiger partial charge in [-0.2, -0.15) is 0 Å². The highest BCUT2D eigenvalue weighted by molar-refractivity contribution is 7.92. The monoisotopic (exact) mass is 387 g/mol. The van der Waals surface area contributed by atoms with Crippen LogP contribution in [-0.4, -0.2) is 24.3 Å². The molecule has 7 nitrogen and oxygen atoms in total. The van der Waals surface area contributed by atoms with Crippen molar-refractivity contribution in [2.75, 3.05) is 4.72 Å². The minimum Gasteiger partial charge on any atom is -0.319 e. The van der Waals surface area contributed by atoms with E-state index in [0.717, 1.165) is 35.9 Å². The van der Waals surface area contributed by atoms with Crippen molar-refractivity contribution in [1.29, 1.82) is 0 Å². The number of hydrogen-bond acceptors (Lipinski definition) is 5. The summed E-state index contributed by atoms with van der Waals surface area (Å²) in [6.45, 7) is 1.24. The maximum absolute atomic E-state index is 13.3. The van der Waals surface area contributed by atoms with E-state index in [0.29, 0.717) is 24.1 Å². The molecule has 25 heavy (non-hydrogen) atoms. The molecule has 0 radical (unpaired) electrons. The van der Waals surface area contributed by atoms with Gasteiger partial charge in [0, 0.05) is 12.5 Å². The molecule has 0 saturated carbocycles. The van der Waals surface area contributed by atoms with Crippen molar-refractivity contribution in [3.8, 4) is 0 Å². The molecule has 0 atom stereocenters. The SMILES string of the molecule is CC(=O)On1nc(NS(=O)(=O)c2ccc(F)c(Cl)c2)c2c1CCCC2. The highest BCUT2D eigenvalue weighted by atomic mass is 35.5. The summed E-state index contributed by atoms with van der Waals surface area (Å²) in [6.07, 6.45) is 2.99. The third-order valence-electron chi connectivity index (χ3n) is 3.79. The van der Waals surface area contributed by atoms with Crippen LogP contribution in [0.3, 0.4) is 0 Å². The van der Waals surface area contributed by atoms with E-state index < -0.39 is 21.8 Å². The van der Waals surface area contributed by atoms with Crippen LogP contribution in [0.1, 0.15) is 31.0 Å². The molecule has 1 N–H and O–H groups in total. The summed E-state index contributed by atoms with van der Waals surface area (Å²) in [4.78, 5) is 17.1. The van der Waals surface area contributed by atoms with E-state index in [1.807, 2.05) is 0 Å². The number of rotatable bonds is 4. The summed E-state index contributed by atoms with van der Waals surface area (Å²) in [5.74, 6) is -1.18. The van der Waals surface area contributed by atoms with Crippen LogP contribution in [0.2, 0.25) is 5.02 Å². The number of carbonyl (C=O) groups is 1. The molecule has 1 aromatic heterocycles. The van der Waals surface area contributed by atoms with E-state index in [9.17, 15) is 17.6 Å². The fraction of sp³-hybridized carbons (Fsp3) is 0.333. The first-order chi connectivity index (χ1) is 11.8. The van der Waals surface area contributed by atoms with Gasteiger partial charge < -0.3 is 4.84 Å². The Morgan fingerprint density at radius 2 is 2.08 bits per heavy atom. The molecule has 1 aliphatic carbocycles. The molecule has 1 heterocycles. The number of nitrogens with zero attached hydrogens (tertiary/aromatic N) is 2. The van der Waals surface area contributed by atoms with E-state index in [4.69, 9.17) is 16.4 Å². The Labute approximate surface area is 148 Å². The van der Waals surface area contributed by atoms with Crippen LogP contribution in [0, 0.1) is 5.82 Å². The van der Waals surface area contributed by atoms with Crippen LogP contribution in [0.4, 0.5) is 10.2 Å². The molecule has 1 aromatic carbocycles. The number of carbonyl (C=O) groups excluding carboxylic acids is 1. The van der Waals surface area contributed by atoms with E-state index in [1.165, 1.54) is 6.92 Å². The van der Waals surface area contributed by atoms with E-state index >= 15 is 0 Å². The van der Waals surface area contributed by atoms with Crippen LogP contribution in [0.5, 0.6) is 0 Å². The predicted molar refractivity (Wildman–Crippen MR) is 88.3 cm³/mol. The standard InChI is InChI=1S/C15H15ClFN3O4S/c1-9(21)24-20-14-5-3-2-4-11(14)15(18-20)19-25(22,23)10-6-7-13(17)12(16)8-10/h6-8H,2-5H2,1H3,(H,18,19). The lowest BCUT2D eigenvalue weighted by molar-refractivity contribution is -0.143. The summed E-state index contributed by atoms with van der Waals surface area (Å²) in [7, 11) is -4.02. The predicted octanol–water partition coefficient (Wildman–Crippen LogP) is 2.33. The molecule has 0 aliphatic heterocycles. The third-order valence-corrected chi connectivity index (χ3v) is 5.42. The molecule has 0 spiro atoms. The first kappa shape index (κ1) is 17.7. The van der Waals surface area contributed by atoms with E-state index in [-0.39, 0.29) is 15.7 Å². The summed E-state index contributed by atoms with van der Waals surface area (Å²) in [5.41, 5.74) is 1.35. The summed E-state index contributed by atoms with van der Waals surface area (Å²) in [6, 6.07) is 3.11. The Hall–Kier alpha value is -2.13. The summed E-state index contributed by atoms with van der Waals surface area (Å²) < 4.78 is 40.7. The quantitative estimate of drug-likeness (QED) is 0.869. The molecular formula is C15H15ClFN3O4S. The van der Waals surface area contributed by atoms with Crippen molar-refractivity contribution < 1.29 is 22.4 Å². The molecule has 10 heteroatoms. The first-order valence-corrected chi connectivity index (χ1v) is 9.41. The average Bonchev–Trinajstić information content (AvgIpc) is 2.87. The van der Waals surface area contributed by atoms with Gasteiger partial charge in [-0.3, -0.25) is 4.72 Å². The molecule has 3 rings (SSSR count). The number of sulfonamides is 1. The van der Waals surface area contributed by atoms with Crippen LogP contribution in [-0.2, 0) is 27.7 Å². The van der Waals surface area contributed by atoms with E-state index in [2.05, 4.69) is 9.82 Å². The van der Waals surface area contributed by atoms with Gasteiger partial charge in [-0.15, -0.1) is 5.10 Å². The average molecular weight is 388 g/mol. The molecule has 134 valence electrons. The van der Waals surface area contributed by atoms with E-state index in [1.54, 1.807) is 0 Å². The maximum atomic E-state index is 13.3. The topological polar surface area (TPSA) is 90.3 Å². The molecule has 0 saturated heterocycles. The lowest BCUT2D eigenvalue weighted by Gasteiger charge is -2.13. The number of fused-ring (bicyclic) bond motifs is 1. The largest absolute Gasteiger partial charge is 0.331 e. The van der Waals surface area contributed by atoms with Crippen molar-refractivity contribution in [2.45, 2.75) is 37.5 Å². The molecule has 0 fully saturated rings. The Morgan fingerprint density at radius 3 is 2.76 bits per heavy atom. The molecular weight excluding hydrogens is 373 g/mol. The minimum atomic E-state index is -4.02. The van der Waals surface area contributed by atoms with Crippen molar-refractivity contribution in [1.82, 2.24) is 9.94 Å². The lowest BCUT2D eigenvalue weighted by Crippen LogP contribution is -2.21. The van der Waals surface area contributed by atoms with Crippen molar-refractivity contribution in [3.63, 3.8) is 0 Å². The fourth-order valence-electron chi connectivity index (χ4n) is 2.68. The summed E-state index contributed by atoms with van der Waals surface area (Å²) in [5, 5.41) is 3.76. The zero-order valence-electron chi connectivity index (χ0n) is 13.3. The molecule has 2 aromatic rings. The zero-order chi connectivity index (χ0) is 18.2. The van der Waals surface area contributed by atoms with Gasteiger partial charge in [0.1, 0.15) is 5.82 Å². The highest BCUT2D eigenvalue weighted by Crippen LogP contribution is 2.29. The van der Waals surface area contributed by atoms with Crippen molar-refractivity contribution in [2.24, 2.45) is 0 Å². The number of anilines is 1. The first-order valence-electron chi connectivity index (χ1n) is 7.55. The van der Waals surface area contributed by atoms with Crippen LogP contribution < -0.4 is 9.56 Å². The number of aromatic nitrogens is 2. The zero-order valence-corrected chi connectivity index (χ0v) is 14.8. The Morgan fingerprint density at radius 1 is 1.36 bits per heavy atom. The number of benzene rings is 1. The molecule has 0 bridgehead atoms. The van der Waals surface area contributed by atoms with Gasteiger partial charge in [-0.1, -0.05) is 16.4 Å². The Kier molecular flexibility index (Phi) is 4.70. The molecule has 1 aliphatic rings. The van der Waals surface area contributed by atoms with Gasteiger partial charge >= 0.3 is 5.97 Å². The van der Waals surface area contributed by atoms with Gasteiger partial charge in [0.15, 0.2) is 5.82 Å². The second kappa shape index (κ2) is 6.64. The van der Waals surface area contributed by atoms with Crippen molar-refractivity contribution in [3.05, 3.63) is 40.3 Å². The molecule has 0 amide bonds. The normalized spacial score (nSPS) is 14.0. The van der Waals surface area contributed by atoms with Gasteiger partial charge in [0.2, 0.25) is 0 Å². The Bertz CT molecular complexity index is 942. The third kappa shape index (κ3) is 3.62. The number of nitrogens with one attached hydrogen (secondary N) is 1.